The van der Waals surface area contributed by atoms with Gasteiger partial charge in [0.1, 0.15) is 5.75 Å². The van der Waals surface area contributed by atoms with Crippen LogP contribution in [0.5, 0.6) is 5.75 Å². The Morgan fingerprint density at radius 2 is 1.60 bits per heavy atom. The molecular formula is C24H24N2O3S. The molecule has 1 atom stereocenters. The number of methoxy groups -OCH3 is 1. The molecule has 0 aliphatic heterocycles. The Bertz CT molecular complexity index is 991. The SMILES string of the molecule is COc1ccc(S[C@@H](C)C(=O)Nc2ccccc2C(=O)NCc2ccccc2)cc1. The van der Waals surface area contributed by atoms with Gasteiger partial charge in [0.05, 0.1) is 23.6 Å². The first-order valence-corrected chi connectivity index (χ1v) is 10.5. The Hall–Kier alpha value is -3.25. The lowest BCUT2D eigenvalue weighted by atomic mass is 10.1. The topological polar surface area (TPSA) is 67.4 Å². The molecular weight excluding hydrogens is 396 g/mol. The highest BCUT2D eigenvalue weighted by Gasteiger charge is 2.18. The summed E-state index contributed by atoms with van der Waals surface area (Å²) < 4.78 is 5.16. The normalized spacial score (nSPS) is 11.4. The van der Waals surface area contributed by atoms with Crippen LogP contribution in [0.3, 0.4) is 0 Å². The van der Waals surface area contributed by atoms with Crippen molar-refractivity contribution in [2.24, 2.45) is 0 Å². The second kappa shape index (κ2) is 10.5. The Morgan fingerprint density at radius 1 is 0.933 bits per heavy atom. The Morgan fingerprint density at radius 3 is 2.30 bits per heavy atom. The predicted molar refractivity (Wildman–Crippen MR) is 121 cm³/mol. The standard InChI is InChI=1S/C24H24N2O3S/c1-17(30-20-14-12-19(29-2)13-15-20)23(27)26-22-11-7-6-10-21(22)24(28)25-16-18-8-4-3-5-9-18/h3-15,17H,16H2,1-2H3,(H,25,28)(H,26,27)/t17-/m0/s1. The van der Waals surface area contributed by atoms with Gasteiger partial charge in [-0.2, -0.15) is 0 Å². The number of rotatable bonds is 8. The molecule has 30 heavy (non-hydrogen) atoms. The zero-order chi connectivity index (χ0) is 21.3. The zero-order valence-corrected chi connectivity index (χ0v) is 17.7. The molecule has 0 bridgehead atoms. The summed E-state index contributed by atoms with van der Waals surface area (Å²) in [6, 6.07) is 24.3. The fraction of sp³-hybridized carbons (Fsp3) is 0.167. The van der Waals surface area contributed by atoms with Gasteiger partial charge >= 0.3 is 0 Å². The number of para-hydroxylation sites is 1. The average molecular weight is 421 g/mol. The number of hydrogen-bond donors (Lipinski definition) is 2. The number of anilines is 1. The monoisotopic (exact) mass is 420 g/mol. The van der Waals surface area contributed by atoms with Crippen molar-refractivity contribution in [1.82, 2.24) is 5.32 Å². The molecule has 0 aliphatic carbocycles. The minimum Gasteiger partial charge on any atom is -0.497 e. The van der Waals surface area contributed by atoms with Gasteiger partial charge in [-0.15, -0.1) is 11.8 Å². The van der Waals surface area contributed by atoms with E-state index in [0.29, 0.717) is 17.8 Å². The van der Waals surface area contributed by atoms with E-state index in [-0.39, 0.29) is 17.1 Å². The molecule has 5 nitrogen and oxygen atoms in total. The third kappa shape index (κ3) is 5.87. The minimum atomic E-state index is -0.334. The lowest BCUT2D eigenvalue weighted by molar-refractivity contribution is -0.115. The summed E-state index contributed by atoms with van der Waals surface area (Å²) in [4.78, 5) is 26.3. The van der Waals surface area contributed by atoms with Crippen LogP contribution in [0, 0.1) is 0 Å². The summed E-state index contributed by atoms with van der Waals surface area (Å²) >= 11 is 1.44. The minimum absolute atomic E-state index is 0.167. The van der Waals surface area contributed by atoms with Gasteiger partial charge in [-0.25, -0.2) is 0 Å². The predicted octanol–water partition coefficient (Wildman–Crippen LogP) is 4.74. The largest absolute Gasteiger partial charge is 0.497 e. The van der Waals surface area contributed by atoms with E-state index in [1.165, 1.54) is 11.8 Å². The maximum Gasteiger partial charge on any atom is 0.253 e. The number of carbonyl (C=O) groups is 2. The molecule has 3 aromatic rings. The maximum atomic E-state index is 12.7. The van der Waals surface area contributed by atoms with Crippen LogP contribution in [0.15, 0.2) is 83.8 Å². The number of hydrogen-bond acceptors (Lipinski definition) is 4. The van der Waals surface area contributed by atoms with Crippen molar-refractivity contribution in [2.45, 2.75) is 23.6 Å². The van der Waals surface area contributed by atoms with Crippen LogP contribution >= 0.6 is 11.8 Å². The Labute approximate surface area is 180 Å². The van der Waals surface area contributed by atoms with Crippen LogP contribution in [0.1, 0.15) is 22.8 Å². The number of ether oxygens (including phenoxy) is 1. The second-order valence-electron chi connectivity index (χ2n) is 6.64. The third-order valence-electron chi connectivity index (χ3n) is 4.47. The highest BCUT2D eigenvalue weighted by molar-refractivity contribution is 8.00. The number of thioether (sulfide) groups is 1. The first-order valence-electron chi connectivity index (χ1n) is 9.59. The lowest BCUT2D eigenvalue weighted by Crippen LogP contribution is -2.27. The van der Waals surface area contributed by atoms with Gasteiger partial charge in [0.25, 0.3) is 5.91 Å². The number of carbonyl (C=O) groups excluding carboxylic acids is 2. The summed E-state index contributed by atoms with van der Waals surface area (Å²) in [5.74, 6) is 0.372. The molecule has 6 heteroatoms. The van der Waals surface area contributed by atoms with Crippen LogP contribution in [-0.4, -0.2) is 24.2 Å². The molecule has 0 saturated heterocycles. The van der Waals surface area contributed by atoms with Gasteiger partial charge < -0.3 is 15.4 Å². The number of nitrogens with one attached hydrogen (secondary N) is 2. The summed E-state index contributed by atoms with van der Waals surface area (Å²) in [5.41, 5.74) is 1.94. The van der Waals surface area contributed by atoms with Gasteiger partial charge in [-0.1, -0.05) is 42.5 Å². The van der Waals surface area contributed by atoms with Crippen LogP contribution in [0.4, 0.5) is 5.69 Å². The van der Waals surface area contributed by atoms with E-state index in [2.05, 4.69) is 10.6 Å². The molecule has 0 fully saturated rings. The molecule has 3 rings (SSSR count). The van der Waals surface area contributed by atoms with E-state index in [9.17, 15) is 9.59 Å². The highest BCUT2D eigenvalue weighted by atomic mass is 32.2. The molecule has 154 valence electrons. The van der Waals surface area contributed by atoms with Gasteiger partial charge in [0, 0.05) is 11.4 Å². The molecule has 0 spiro atoms. The first kappa shape index (κ1) is 21.5. The molecule has 0 heterocycles. The molecule has 0 aliphatic rings. The zero-order valence-electron chi connectivity index (χ0n) is 16.9. The van der Waals surface area contributed by atoms with Gasteiger partial charge in [-0.05, 0) is 48.9 Å². The molecule has 0 saturated carbocycles. The third-order valence-corrected chi connectivity index (χ3v) is 5.58. The van der Waals surface area contributed by atoms with E-state index < -0.39 is 0 Å². The molecule has 2 N–H and O–H groups in total. The summed E-state index contributed by atoms with van der Waals surface area (Å²) in [6.45, 7) is 2.26. The quantitative estimate of drug-likeness (QED) is 0.517. The van der Waals surface area contributed by atoms with Crippen molar-refractivity contribution in [3.05, 3.63) is 90.0 Å². The Balaban J connectivity index is 1.62. The smallest absolute Gasteiger partial charge is 0.253 e. The summed E-state index contributed by atoms with van der Waals surface area (Å²) in [5, 5.41) is 5.45. The first-order chi connectivity index (χ1) is 14.6. The van der Waals surface area contributed by atoms with Gasteiger partial charge in [-0.3, -0.25) is 9.59 Å². The lowest BCUT2D eigenvalue weighted by Gasteiger charge is -2.15. The van der Waals surface area contributed by atoms with Crippen LogP contribution in [0.2, 0.25) is 0 Å². The number of amides is 2. The van der Waals surface area contributed by atoms with Gasteiger partial charge in [0.2, 0.25) is 5.91 Å². The summed E-state index contributed by atoms with van der Waals surface area (Å²) in [7, 11) is 1.62. The Kier molecular flexibility index (Phi) is 7.51. The van der Waals surface area contributed by atoms with E-state index in [4.69, 9.17) is 4.74 Å². The molecule has 0 aromatic heterocycles. The molecule has 3 aromatic carbocycles. The van der Waals surface area contributed by atoms with Crippen LogP contribution in [-0.2, 0) is 11.3 Å². The van der Waals surface area contributed by atoms with Crippen molar-refractivity contribution < 1.29 is 14.3 Å². The van der Waals surface area contributed by atoms with Crippen molar-refractivity contribution in [1.29, 1.82) is 0 Å². The number of benzene rings is 3. The van der Waals surface area contributed by atoms with Crippen molar-refractivity contribution in [2.75, 3.05) is 12.4 Å². The fourth-order valence-corrected chi connectivity index (χ4v) is 3.68. The van der Waals surface area contributed by atoms with Crippen LogP contribution in [0.25, 0.3) is 0 Å². The van der Waals surface area contributed by atoms with E-state index in [0.717, 1.165) is 16.2 Å². The van der Waals surface area contributed by atoms with E-state index in [1.807, 2.05) is 61.5 Å². The highest BCUT2D eigenvalue weighted by Crippen LogP contribution is 2.26. The average Bonchev–Trinajstić information content (AvgIpc) is 2.79. The molecule has 2 amide bonds. The van der Waals surface area contributed by atoms with Crippen molar-refractivity contribution >= 4 is 29.3 Å². The molecule has 0 unspecified atom stereocenters. The van der Waals surface area contributed by atoms with Crippen LogP contribution < -0.4 is 15.4 Å². The van der Waals surface area contributed by atoms with E-state index in [1.54, 1.807) is 31.4 Å². The molecule has 0 radical (unpaired) electrons. The summed E-state index contributed by atoms with van der Waals surface area (Å²) in [6.07, 6.45) is 0. The van der Waals surface area contributed by atoms with Gasteiger partial charge in [0.15, 0.2) is 0 Å². The maximum absolute atomic E-state index is 12.7. The fourth-order valence-electron chi connectivity index (χ4n) is 2.81. The van der Waals surface area contributed by atoms with Crippen molar-refractivity contribution in [3.8, 4) is 5.75 Å². The second-order valence-corrected chi connectivity index (χ2v) is 8.05. The van der Waals surface area contributed by atoms with E-state index >= 15 is 0 Å². The van der Waals surface area contributed by atoms with Crippen molar-refractivity contribution in [3.63, 3.8) is 0 Å².